The van der Waals surface area contributed by atoms with E-state index in [1.54, 1.807) is 12.1 Å². The van der Waals surface area contributed by atoms with Crippen LogP contribution < -0.4 is 0 Å². The lowest BCUT2D eigenvalue weighted by Gasteiger charge is -2.31. The molecule has 4 heteroatoms. The lowest BCUT2D eigenvalue weighted by molar-refractivity contribution is -0.214. The minimum absolute atomic E-state index is 0.168. The monoisotopic (exact) mass is 228 g/mol. The summed E-state index contributed by atoms with van der Waals surface area (Å²) in [5.74, 6) is -0.477. The molecule has 1 aromatic carbocycles. The number of aryl methyl sites for hydroxylation is 1. The summed E-state index contributed by atoms with van der Waals surface area (Å²) in [7, 11) is 2.80. The van der Waals surface area contributed by atoms with Crippen molar-refractivity contribution in [1.29, 1.82) is 0 Å². The molecule has 1 N–H and O–H groups in total. The summed E-state index contributed by atoms with van der Waals surface area (Å²) in [6.07, 6.45) is -0.913. The summed E-state index contributed by atoms with van der Waals surface area (Å²) in [4.78, 5) is 0. The first-order chi connectivity index (χ1) is 7.43. The van der Waals surface area contributed by atoms with Gasteiger partial charge in [-0.1, -0.05) is 17.7 Å². The predicted molar refractivity (Wildman–Crippen MR) is 58.5 cm³/mol. The summed E-state index contributed by atoms with van der Waals surface area (Å²) in [6.45, 7) is 3.29. The van der Waals surface area contributed by atoms with Crippen molar-refractivity contribution in [1.82, 2.24) is 0 Å². The summed E-state index contributed by atoms with van der Waals surface area (Å²) >= 11 is 0. The van der Waals surface area contributed by atoms with E-state index in [2.05, 4.69) is 0 Å². The molecule has 0 aliphatic rings. The number of rotatable bonds is 4. The molecule has 0 radical (unpaired) electrons. The summed E-state index contributed by atoms with van der Waals surface area (Å²) in [5, 5.41) is 10.3. The number of ether oxygens (including phenoxy) is 2. The molecule has 0 amide bonds. The lowest BCUT2D eigenvalue weighted by atomic mass is 9.93. The quantitative estimate of drug-likeness (QED) is 0.801. The molecule has 1 unspecified atom stereocenters. The first-order valence-electron chi connectivity index (χ1n) is 4.98. The number of benzene rings is 1. The van der Waals surface area contributed by atoms with E-state index in [1.165, 1.54) is 27.2 Å². The highest BCUT2D eigenvalue weighted by Crippen LogP contribution is 2.29. The molecule has 1 rings (SSSR count). The Kier molecular flexibility index (Phi) is 4.02. The zero-order valence-electron chi connectivity index (χ0n) is 9.95. The van der Waals surface area contributed by atoms with E-state index in [0.717, 1.165) is 5.56 Å². The third-order valence-corrected chi connectivity index (χ3v) is 2.55. The maximum absolute atomic E-state index is 13.6. The second-order valence-corrected chi connectivity index (χ2v) is 3.93. The molecule has 0 saturated carbocycles. The van der Waals surface area contributed by atoms with Gasteiger partial charge in [-0.25, -0.2) is 4.39 Å². The minimum Gasteiger partial charge on any atom is -0.380 e. The van der Waals surface area contributed by atoms with E-state index in [4.69, 9.17) is 9.47 Å². The summed E-state index contributed by atoms with van der Waals surface area (Å²) < 4.78 is 23.6. The Hall–Kier alpha value is -0.970. The van der Waals surface area contributed by atoms with Crippen molar-refractivity contribution < 1.29 is 19.0 Å². The first kappa shape index (κ1) is 13.1. The Balaban J connectivity index is 3.19. The van der Waals surface area contributed by atoms with Gasteiger partial charge in [-0.2, -0.15) is 0 Å². The van der Waals surface area contributed by atoms with Gasteiger partial charge in [-0.15, -0.1) is 0 Å². The largest absolute Gasteiger partial charge is 0.380 e. The van der Waals surface area contributed by atoms with Crippen LogP contribution >= 0.6 is 0 Å². The molecule has 0 aliphatic carbocycles. The fourth-order valence-corrected chi connectivity index (χ4v) is 1.71. The molecule has 1 aromatic rings. The topological polar surface area (TPSA) is 38.7 Å². The maximum atomic E-state index is 13.6. The van der Waals surface area contributed by atoms with Crippen LogP contribution in [0.15, 0.2) is 18.2 Å². The molecular weight excluding hydrogens is 211 g/mol. The molecule has 0 fully saturated rings. The van der Waals surface area contributed by atoms with Gasteiger partial charge in [-0.05, 0) is 19.9 Å². The van der Waals surface area contributed by atoms with Crippen LogP contribution in [0.25, 0.3) is 0 Å². The highest BCUT2D eigenvalue weighted by atomic mass is 19.1. The third-order valence-electron chi connectivity index (χ3n) is 2.55. The molecule has 0 spiro atoms. The van der Waals surface area contributed by atoms with Gasteiger partial charge in [0, 0.05) is 19.8 Å². The van der Waals surface area contributed by atoms with E-state index in [0.29, 0.717) is 0 Å². The molecule has 0 aliphatic heterocycles. The fourth-order valence-electron chi connectivity index (χ4n) is 1.71. The van der Waals surface area contributed by atoms with Crippen molar-refractivity contribution in [2.75, 3.05) is 14.2 Å². The minimum atomic E-state index is -1.53. The van der Waals surface area contributed by atoms with Gasteiger partial charge >= 0.3 is 0 Å². The molecule has 3 nitrogen and oxygen atoms in total. The maximum Gasteiger partial charge on any atom is 0.189 e. The Morgan fingerprint density at radius 2 is 1.88 bits per heavy atom. The normalized spacial score (nSPS) is 15.2. The summed E-state index contributed by atoms with van der Waals surface area (Å²) in [5.41, 5.74) is -0.497. The second kappa shape index (κ2) is 4.91. The van der Waals surface area contributed by atoms with Crippen LogP contribution in [0.2, 0.25) is 0 Å². The number of halogens is 1. The molecule has 0 heterocycles. The van der Waals surface area contributed by atoms with Crippen molar-refractivity contribution in [3.8, 4) is 0 Å². The highest BCUT2D eigenvalue weighted by Gasteiger charge is 2.36. The van der Waals surface area contributed by atoms with Crippen LogP contribution in [0.5, 0.6) is 0 Å². The molecule has 0 aromatic heterocycles. The van der Waals surface area contributed by atoms with E-state index < -0.39 is 17.7 Å². The second-order valence-electron chi connectivity index (χ2n) is 3.93. The van der Waals surface area contributed by atoms with Crippen molar-refractivity contribution in [2.45, 2.75) is 25.7 Å². The van der Waals surface area contributed by atoms with Gasteiger partial charge in [0.15, 0.2) is 6.29 Å². The Labute approximate surface area is 94.8 Å². The molecule has 90 valence electrons. The number of hydrogen-bond donors (Lipinski definition) is 1. The standard InChI is InChI=1S/C12H17FO3/c1-8-5-6-10(13)9(7-8)12(2,14)11(15-3)16-4/h5-7,11,14H,1-4H3. The molecule has 1 atom stereocenters. The average Bonchev–Trinajstić information content (AvgIpc) is 2.23. The number of aliphatic hydroxyl groups is 1. The average molecular weight is 228 g/mol. The summed E-state index contributed by atoms with van der Waals surface area (Å²) in [6, 6.07) is 4.55. The van der Waals surface area contributed by atoms with E-state index >= 15 is 0 Å². The van der Waals surface area contributed by atoms with Gasteiger partial charge in [0.1, 0.15) is 11.4 Å². The van der Waals surface area contributed by atoms with Gasteiger partial charge in [0.05, 0.1) is 0 Å². The van der Waals surface area contributed by atoms with Crippen LogP contribution in [0.1, 0.15) is 18.1 Å². The molecule has 0 saturated heterocycles. The Morgan fingerprint density at radius 1 is 1.31 bits per heavy atom. The lowest BCUT2D eigenvalue weighted by Crippen LogP contribution is -2.40. The van der Waals surface area contributed by atoms with Crippen molar-refractivity contribution in [2.24, 2.45) is 0 Å². The van der Waals surface area contributed by atoms with Crippen molar-refractivity contribution >= 4 is 0 Å². The van der Waals surface area contributed by atoms with E-state index in [9.17, 15) is 9.50 Å². The van der Waals surface area contributed by atoms with Crippen LogP contribution in [-0.2, 0) is 15.1 Å². The molecule has 16 heavy (non-hydrogen) atoms. The van der Waals surface area contributed by atoms with Gasteiger partial charge < -0.3 is 14.6 Å². The zero-order chi connectivity index (χ0) is 12.3. The smallest absolute Gasteiger partial charge is 0.189 e. The SMILES string of the molecule is COC(OC)C(C)(O)c1cc(C)ccc1F. The third kappa shape index (κ3) is 2.40. The van der Waals surface area contributed by atoms with Crippen LogP contribution in [0, 0.1) is 12.7 Å². The van der Waals surface area contributed by atoms with E-state index in [-0.39, 0.29) is 5.56 Å². The molecular formula is C12H17FO3. The van der Waals surface area contributed by atoms with Gasteiger partial charge in [-0.3, -0.25) is 0 Å². The van der Waals surface area contributed by atoms with Gasteiger partial charge in [0.25, 0.3) is 0 Å². The fraction of sp³-hybridized carbons (Fsp3) is 0.500. The van der Waals surface area contributed by atoms with Crippen LogP contribution in [-0.4, -0.2) is 25.6 Å². The Morgan fingerprint density at radius 3 is 2.38 bits per heavy atom. The number of hydrogen-bond acceptors (Lipinski definition) is 3. The van der Waals surface area contributed by atoms with E-state index in [1.807, 2.05) is 6.92 Å². The van der Waals surface area contributed by atoms with Crippen LogP contribution in [0.3, 0.4) is 0 Å². The molecule has 0 bridgehead atoms. The van der Waals surface area contributed by atoms with Crippen molar-refractivity contribution in [3.63, 3.8) is 0 Å². The van der Waals surface area contributed by atoms with Crippen molar-refractivity contribution in [3.05, 3.63) is 35.1 Å². The Bertz CT molecular complexity index is 359. The highest BCUT2D eigenvalue weighted by molar-refractivity contribution is 5.29. The van der Waals surface area contributed by atoms with Crippen LogP contribution in [0.4, 0.5) is 4.39 Å². The predicted octanol–water partition coefficient (Wildman–Crippen LogP) is 1.96. The zero-order valence-corrected chi connectivity index (χ0v) is 9.95. The van der Waals surface area contributed by atoms with Gasteiger partial charge in [0.2, 0.25) is 0 Å². The first-order valence-corrected chi connectivity index (χ1v) is 4.98. The number of methoxy groups -OCH3 is 2.